The molecular weight excluding hydrogens is 225 g/mol. The van der Waals surface area contributed by atoms with Gasteiger partial charge >= 0.3 is 7.12 Å². The summed E-state index contributed by atoms with van der Waals surface area (Å²) in [6.07, 6.45) is 4.95. The van der Waals surface area contributed by atoms with Crippen molar-refractivity contribution in [1.82, 2.24) is 0 Å². The number of anilines is 1. The maximum atomic E-state index is 6.08. The molecule has 92 valence electrons. The van der Waals surface area contributed by atoms with E-state index in [1.54, 1.807) is 0 Å². The summed E-state index contributed by atoms with van der Waals surface area (Å²) in [6, 6.07) is 6.08. The molecule has 3 rings (SSSR count). The first-order chi connectivity index (χ1) is 8.41. The van der Waals surface area contributed by atoms with Crippen LogP contribution < -0.4 is 10.8 Å². The van der Waals surface area contributed by atoms with Crippen LogP contribution in [-0.2, 0) is 9.31 Å². The smallest absolute Gasteiger partial charge is 0.399 e. The molecule has 1 aromatic carbocycles. The predicted octanol–water partition coefficient (Wildman–Crippen LogP) is 2.19. The second-order valence-electron chi connectivity index (χ2n) is 5.81. The highest BCUT2D eigenvalue weighted by Gasteiger charge is 2.53. The number of hydrogen-bond donors (Lipinski definition) is 1. The van der Waals surface area contributed by atoms with Gasteiger partial charge in [0.15, 0.2) is 11.3 Å². The Morgan fingerprint density at radius 1 is 1.11 bits per heavy atom. The van der Waals surface area contributed by atoms with Crippen molar-refractivity contribution in [1.29, 1.82) is 0 Å². The highest BCUT2D eigenvalue weighted by Crippen LogP contribution is 2.37. The SMILES string of the molecule is CC1(C)OB(c2cccc3c2C=[C+]N3)OC1(C)C. The van der Waals surface area contributed by atoms with E-state index in [9.17, 15) is 0 Å². The molecule has 1 saturated heterocycles. The van der Waals surface area contributed by atoms with Crippen molar-refractivity contribution >= 4 is 24.3 Å². The lowest BCUT2D eigenvalue weighted by Gasteiger charge is -2.32. The fourth-order valence-electron chi connectivity index (χ4n) is 2.21. The molecule has 0 spiro atoms. The number of nitrogens with one attached hydrogen (secondary N) is 1. The summed E-state index contributed by atoms with van der Waals surface area (Å²) in [7, 11) is -0.317. The van der Waals surface area contributed by atoms with E-state index in [1.807, 2.05) is 24.3 Å². The highest BCUT2D eigenvalue weighted by molar-refractivity contribution is 6.63. The largest absolute Gasteiger partial charge is 0.511 e. The maximum Gasteiger partial charge on any atom is 0.511 e. The molecule has 2 aliphatic rings. The molecule has 0 atom stereocenters. The van der Waals surface area contributed by atoms with Gasteiger partial charge in [-0.3, -0.25) is 0 Å². The van der Waals surface area contributed by atoms with E-state index in [1.165, 1.54) is 0 Å². The molecule has 4 heteroatoms. The molecule has 0 aliphatic carbocycles. The fraction of sp³-hybridized carbons (Fsp3) is 0.429. The summed E-state index contributed by atoms with van der Waals surface area (Å²) in [5.41, 5.74) is 2.61. The molecule has 3 nitrogen and oxygen atoms in total. The summed E-state index contributed by atoms with van der Waals surface area (Å²) in [5.74, 6) is 0. The lowest BCUT2D eigenvalue weighted by molar-refractivity contribution is 0.00578. The van der Waals surface area contributed by atoms with Gasteiger partial charge in [-0.25, -0.2) is 0 Å². The monoisotopic (exact) mass is 242 g/mol. The van der Waals surface area contributed by atoms with Gasteiger partial charge < -0.3 is 9.31 Å². The minimum Gasteiger partial charge on any atom is -0.399 e. The Morgan fingerprint density at radius 3 is 2.44 bits per heavy atom. The van der Waals surface area contributed by atoms with Gasteiger partial charge in [-0.1, -0.05) is 0 Å². The van der Waals surface area contributed by atoms with Gasteiger partial charge in [-0.15, -0.1) is 0 Å². The van der Waals surface area contributed by atoms with Gasteiger partial charge in [-0.2, -0.15) is 5.32 Å². The molecule has 1 fully saturated rings. The Kier molecular flexibility index (Phi) is 2.33. The fourth-order valence-corrected chi connectivity index (χ4v) is 2.21. The van der Waals surface area contributed by atoms with E-state index in [0.29, 0.717) is 0 Å². The van der Waals surface area contributed by atoms with Crippen LogP contribution in [0.15, 0.2) is 18.2 Å². The third-order valence-corrected chi connectivity index (χ3v) is 4.07. The summed E-state index contributed by atoms with van der Waals surface area (Å²) < 4.78 is 12.2. The van der Waals surface area contributed by atoms with E-state index in [0.717, 1.165) is 16.7 Å². The average Bonchev–Trinajstić information content (AvgIpc) is 2.81. The zero-order valence-electron chi connectivity index (χ0n) is 11.2. The van der Waals surface area contributed by atoms with Crippen LogP contribution in [0.5, 0.6) is 0 Å². The van der Waals surface area contributed by atoms with Gasteiger partial charge in [0.05, 0.1) is 16.7 Å². The van der Waals surface area contributed by atoms with Gasteiger partial charge in [0, 0.05) is 6.07 Å². The number of rotatable bonds is 1. The number of benzene rings is 1. The standard InChI is InChI=1S/C14H17BNO2/c1-13(2)14(3,4)18-15(17-13)11-6-5-7-12-10(11)8-9-16-12/h5-8,16H,1-4H3/q+1. The van der Waals surface area contributed by atoms with Crippen molar-refractivity contribution in [2.45, 2.75) is 38.9 Å². The van der Waals surface area contributed by atoms with Crippen molar-refractivity contribution in [3.63, 3.8) is 0 Å². The molecule has 0 bridgehead atoms. The van der Waals surface area contributed by atoms with Gasteiger partial charge in [-0.05, 0) is 39.8 Å². The minimum absolute atomic E-state index is 0.306. The van der Waals surface area contributed by atoms with E-state index in [4.69, 9.17) is 9.31 Å². The average molecular weight is 242 g/mol. The normalized spacial score (nSPS) is 22.6. The second kappa shape index (κ2) is 3.58. The molecule has 0 unspecified atom stereocenters. The van der Waals surface area contributed by atoms with Crippen LogP contribution in [0.4, 0.5) is 5.69 Å². The van der Waals surface area contributed by atoms with Crippen molar-refractivity contribution in [2.75, 3.05) is 5.32 Å². The Balaban J connectivity index is 1.99. The Bertz CT molecular complexity index is 507. The summed E-state index contributed by atoms with van der Waals surface area (Å²) >= 11 is 0. The summed E-state index contributed by atoms with van der Waals surface area (Å²) in [6.45, 7) is 8.26. The Labute approximate surface area is 108 Å². The third kappa shape index (κ3) is 1.57. The van der Waals surface area contributed by atoms with E-state index >= 15 is 0 Å². The molecule has 0 saturated carbocycles. The Hall–Kier alpha value is -1.35. The first-order valence-corrected chi connectivity index (χ1v) is 6.24. The number of hydrogen-bond acceptors (Lipinski definition) is 3. The predicted molar refractivity (Wildman–Crippen MR) is 73.5 cm³/mol. The topological polar surface area (TPSA) is 30.5 Å². The van der Waals surface area contributed by atoms with Crippen LogP contribution in [0.1, 0.15) is 33.3 Å². The van der Waals surface area contributed by atoms with Crippen LogP contribution in [0.2, 0.25) is 0 Å². The maximum absolute atomic E-state index is 6.08. The molecule has 1 N–H and O–H groups in total. The highest BCUT2D eigenvalue weighted by atomic mass is 16.7. The first kappa shape index (κ1) is 11.7. The third-order valence-electron chi connectivity index (χ3n) is 4.07. The lowest BCUT2D eigenvalue weighted by atomic mass is 9.76. The van der Waals surface area contributed by atoms with Crippen molar-refractivity contribution in [2.24, 2.45) is 0 Å². The van der Waals surface area contributed by atoms with Crippen molar-refractivity contribution in [3.8, 4) is 0 Å². The molecule has 18 heavy (non-hydrogen) atoms. The molecule has 0 amide bonds. The molecule has 0 aromatic heterocycles. The van der Waals surface area contributed by atoms with Crippen LogP contribution in [0.3, 0.4) is 0 Å². The second-order valence-corrected chi connectivity index (χ2v) is 5.81. The molecule has 2 heterocycles. The zero-order chi connectivity index (χ0) is 13.0. The first-order valence-electron chi connectivity index (χ1n) is 6.24. The van der Waals surface area contributed by atoms with E-state index in [-0.39, 0.29) is 18.3 Å². The van der Waals surface area contributed by atoms with E-state index in [2.05, 4.69) is 39.2 Å². The Morgan fingerprint density at radius 2 is 1.78 bits per heavy atom. The zero-order valence-corrected chi connectivity index (χ0v) is 11.2. The van der Waals surface area contributed by atoms with E-state index < -0.39 is 0 Å². The quantitative estimate of drug-likeness (QED) is 0.604. The van der Waals surface area contributed by atoms with Crippen LogP contribution >= 0.6 is 0 Å². The lowest BCUT2D eigenvalue weighted by Crippen LogP contribution is -2.41. The van der Waals surface area contributed by atoms with Crippen LogP contribution in [0.25, 0.3) is 6.08 Å². The van der Waals surface area contributed by atoms with Crippen LogP contribution in [-0.4, -0.2) is 18.3 Å². The number of fused-ring (bicyclic) bond motifs is 1. The summed E-state index contributed by atoms with van der Waals surface area (Å²) in [4.78, 5) is 0. The minimum atomic E-state index is -0.317. The van der Waals surface area contributed by atoms with Gasteiger partial charge in [0.25, 0.3) is 0 Å². The molecule has 1 aromatic rings. The summed E-state index contributed by atoms with van der Waals surface area (Å²) in [5, 5.41) is 3.09. The molecule has 2 aliphatic heterocycles. The molecular formula is C14H17BNO2+. The van der Waals surface area contributed by atoms with Crippen LogP contribution in [0, 0.1) is 6.20 Å². The van der Waals surface area contributed by atoms with Gasteiger partial charge in [0.1, 0.15) is 12.3 Å². The van der Waals surface area contributed by atoms with Crippen molar-refractivity contribution in [3.05, 3.63) is 30.0 Å². The molecule has 0 radical (unpaired) electrons. The van der Waals surface area contributed by atoms with Crippen molar-refractivity contribution < 1.29 is 9.31 Å². The van der Waals surface area contributed by atoms with Gasteiger partial charge in [0.2, 0.25) is 0 Å².